The van der Waals surface area contributed by atoms with E-state index < -0.39 is 5.97 Å². The van der Waals surface area contributed by atoms with Crippen LogP contribution >= 0.6 is 0 Å². The summed E-state index contributed by atoms with van der Waals surface area (Å²) in [5.41, 5.74) is 5.40. The summed E-state index contributed by atoms with van der Waals surface area (Å²) in [6.07, 6.45) is 37.6. The highest BCUT2D eigenvalue weighted by atomic mass is 16.5. The molecule has 0 spiro atoms. The third-order valence-electron chi connectivity index (χ3n) is 7.04. The predicted molar refractivity (Wildman–Crippen MR) is 168 cm³/mol. The van der Waals surface area contributed by atoms with Crippen LogP contribution in [0.25, 0.3) is 0 Å². The average molecular weight is 540 g/mol. The van der Waals surface area contributed by atoms with Crippen molar-refractivity contribution in [1.82, 2.24) is 0 Å². The number of aliphatic carboxylic acids is 1. The summed E-state index contributed by atoms with van der Waals surface area (Å²) in [6, 6.07) is 0. The number of hydrogen-bond acceptors (Lipinski definition) is 3. The first kappa shape index (κ1) is 39.3. The fourth-order valence-corrected chi connectivity index (χ4v) is 4.50. The molecular weight excluding hydrogens is 470 g/mol. The molecule has 0 fully saturated rings. The maximum Gasteiger partial charge on any atom is 0.303 e. The minimum Gasteiger partial charge on any atom is -0.481 e. The molecule has 0 radical (unpaired) electrons. The highest BCUT2D eigenvalue weighted by Crippen LogP contribution is 2.12. The van der Waals surface area contributed by atoms with E-state index in [-0.39, 0.29) is 0 Å². The Morgan fingerprint density at radius 3 is 1.34 bits per heavy atom. The number of carboxylic acid groups (broad SMARTS) is 1. The van der Waals surface area contributed by atoms with Gasteiger partial charge in [0.05, 0.1) is 0 Å². The molecule has 38 heavy (non-hydrogen) atoms. The molecule has 0 aromatic carbocycles. The molecule has 0 rings (SSSR count). The van der Waals surface area contributed by atoms with Crippen molar-refractivity contribution in [2.45, 2.75) is 181 Å². The van der Waals surface area contributed by atoms with E-state index in [1.54, 1.807) is 0 Å². The molecule has 0 unspecified atom stereocenters. The van der Waals surface area contributed by atoms with Crippen molar-refractivity contribution in [3.05, 3.63) is 12.2 Å². The Morgan fingerprint density at radius 2 is 0.921 bits per heavy atom. The number of ether oxygens (including phenoxy) is 1. The number of unbranched alkanes of at least 4 members (excludes halogenated alkanes) is 21. The molecule has 4 heteroatoms. The molecule has 0 aromatic rings. The van der Waals surface area contributed by atoms with Gasteiger partial charge in [0.25, 0.3) is 0 Å². The zero-order valence-electron chi connectivity index (χ0n) is 26.0. The summed E-state index contributed by atoms with van der Waals surface area (Å²) in [6.45, 7) is 7.05. The fraction of sp³-hybridized carbons (Fsp3) is 0.912. The molecular formula is C34H69NO3. The molecule has 0 aromatic heterocycles. The van der Waals surface area contributed by atoms with E-state index in [2.05, 4.69) is 26.0 Å². The normalized spacial score (nSPS) is 11.1. The van der Waals surface area contributed by atoms with E-state index in [9.17, 15) is 4.79 Å². The Morgan fingerprint density at radius 1 is 0.553 bits per heavy atom. The predicted octanol–water partition coefficient (Wildman–Crippen LogP) is 10.8. The Bertz CT molecular complexity index is 437. The first-order valence-electron chi connectivity index (χ1n) is 16.8. The molecule has 0 heterocycles. The molecule has 0 aliphatic heterocycles. The van der Waals surface area contributed by atoms with Gasteiger partial charge in [0, 0.05) is 19.6 Å². The number of carboxylic acids is 1. The highest BCUT2D eigenvalue weighted by Gasteiger charge is 1.96. The third kappa shape index (κ3) is 42.2. The van der Waals surface area contributed by atoms with Crippen LogP contribution in [-0.4, -0.2) is 30.8 Å². The summed E-state index contributed by atoms with van der Waals surface area (Å²) in [7, 11) is 0. The van der Waals surface area contributed by atoms with Crippen LogP contribution < -0.4 is 5.73 Å². The lowest BCUT2D eigenvalue weighted by molar-refractivity contribution is -0.137. The van der Waals surface area contributed by atoms with Gasteiger partial charge in [-0.15, -0.1) is 0 Å². The van der Waals surface area contributed by atoms with E-state index >= 15 is 0 Å². The molecule has 0 aliphatic rings. The Kier molecular flexibility index (Phi) is 39.6. The van der Waals surface area contributed by atoms with E-state index in [0.717, 1.165) is 39.0 Å². The van der Waals surface area contributed by atoms with Gasteiger partial charge >= 0.3 is 5.97 Å². The van der Waals surface area contributed by atoms with Crippen molar-refractivity contribution >= 4 is 5.97 Å². The highest BCUT2D eigenvalue weighted by molar-refractivity contribution is 5.66. The van der Waals surface area contributed by atoms with Gasteiger partial charge in [0.1, 0.15) is 0 Å². The van der Waals surface area contributed by atoms with Gasteiger partial charge in [-0.3, -0.25) is 4.79 Å². The summed E-state index contributed by atoms with van der Waals surface area (Å²) in [4.78, 5) is 10.3. The smallest absolute Gasteiger partial charge is 0.303 e. The van der Waals surface area contributed by atoms with Gasteiger partial charge in [-0.25, -0.2) is 0 Å². The van der Waals surface area contributed by atoms with Crippen molar-refractivity contribution < 1.29 is 14.6 Å². The van der Waals surface area contributed by atoms with Crippen LogP contribution in [0.15, 0.2) is 12.2 Å². The summed E-state index contributed by atoms with van der Waals surface area (Å²) >= 11 is 0. The maximum absolute atomic E-state index is 10.3. The molecule has 4 nitrogen and oxygen atoms in total. The monoisotopic (exact) mass is 540 g/mol. The summed E-state index contributed by atoms with van der Waals surface area (Å²) in [5.74, 6) is -0.664. The van der Waals surface area contributed by atoms with Gasteiger partial charge in [-0.2, -0.15) is 0 Å². The van der Waals surface area contributed by atoms with Crippen LogP contribution in [0.2, 0.25) is 0 Å². The number of hydrogen-bond donors (Lipinski definition) is 2. The second kappa shape index (κ2) is 38.3. The fourth-order valence-electron chi connectivity index (χ4n) is 4.50. The second-order valence-electron chi connectivity index (χ2n) is 11.0. The number of rotatable bonds is 30. The SMILES string of the molecule is CCCCCCCCC=CCCCCCCCC(=O)O.CCCCCCCCCCCCCOCCCN. The molecule has 0 aliphatic carbocycles. The minimum absolute atomic E-state index is 0.332. The van der Waals surface area contributed by atoms with Crippen LogP contribution in [0.4, 0.5) is 0 Å². The van der Waals surface area contributed by atoms with E-state index in [4.69, 9.17) is 15.6 Å². The molecule has 0 amide bonds. The molecule has 3 N–H and O–H groups in total. The Balaban J connectivity index is 0. The van der Waals surface area contributed by atoms with Gasteiger partial charge in [-0.1, -0.05) is 142 Å². The zero-order chi connectivity index (χ0) is 28.2. The minimum atomic E-state index is -0.664. The standard InChI is InChI=1S/C18H34O2.C16H35NO/c1-2-3-4-5-6-7-8-9-10-11-12-13-14-15-16-17-18(19)20;1-2-3-4-5-6-7-8-9-10-11-12-15-18-16-13-14-17/h9-10H,2-8,11-17H2,1H3,(H,19,20);2-17H2,1H3. The molecule has 228 valence electrons. The van der Waals surface area contributed by atoms with Crippen molar-refractivity contribution in [2.75, 3.05) is 19.8 Å². The number of carbonyl (C=O) groups is 1. The Labute approximate surface area is 239 Å². The van der Waals surface area contributed by atoms with Crippen molar-refractivity contribution in [2.24, 2.45) is 5.73 Å². The van der Waals surface area contributed by atoms with Gasteiger partial charge in [0.2, 0.25) is 0 Å². The molecule has 0 saturated carbocycles. The lowest BCUT2D eigenvalue weighted by Gasteiger charge is -2.04. The summed E-state index contributed by atoms with van der Waals surface area (Å²) < 4.78 is 5.48. The van der Waals surface area contributed by atoms with Crippen LogP contribution in [0, 0.1) is 0 Å². The zero-order valence-corrected chi connectivity index (χ0v) is 26.0. The third-order valence-corrected chi connectivity index (χ3v) is 7.04. The second-order valence-corrected chi connectivity index (χ2v) is 11.0. The quantitative estimate of drug-likeness (QED) is 0.0703. The van der Waals surface area contributed by atoms with Crippen LogP contribution in [0.3, 0.4) is 0 Å². The summed E-state index contributed by atoms with van der Waals surface area (Å²) in [5, 5.41) is 8.51. The van der Waals surface area contributed by atoms with Crippen molar-refractivity contribution in [3.8, 4) is 0 Å². The average Bonchev–Trinajstić information content (AvgIpc) is 2.91. The van der Waals surface area contributed by atoms with Crippen LogP contribution in [-0.2, 0) is 9.53 Å². The van der Waals surface area contributed by atoms with E-state index in [1.807, 2.05) is 0 Å². The van der Waals surface area contributed by atoms with Crippen LogP contribution in [0.1, 0.15) is 181 Å². The topological polar surface area (TPSA) is 72.5 Å². The van der Waals surface area contributed by atoms with E-state index in [1.165, 1.54) is 141 Å². The first-order chi connectivity index (χ1) is 18.7. The number of nitrogens with two attached hydrogens (primary N) is 1. The molecule has 0 atom stereocenters. The van der Waals surface area contributed by atoms with Gasteiger partial charge < -0.3 is 15.6 Å². The molecule has 0 bridgehead atoms. The maximum atomic E-state index is 10.3. The lowest BCUT2D eigenvalue weighted by atomic mass is 10.1. The first-order valence-corrected chi connectivity index (χ1v) is 16.8. The largest absolute Gasteiger partial charge is 0.481 e. The van der Waals surface area contributed by atoms with Crippen molar-refractivity contribution in [1.29, 1.82) is 0 Å². The van der Waals surface area contributed by atoms with Crippen LogP contribution in [0.5, 0.6) is 0 Å². The van der Waals surface area contributed by atoms with Gasteiger partial charge in [0.15, 0.2) is 0 Å². The Hall–Kier alpha value is -0.870. The van der Waals surface area contributed by atoms with E-state index in [0.29, 0.717) is 6.42 Å². The van der Waals surface area contributed by atoms with Crippen molar-refractivity contribution in [3.63, 3.8) is 0 Å². The number of allylic oxidation sites excluding steroid dienone is 2. The van der Waals surface area contributed by atoms with Gasteiger partial charge in [-0.05, 0) is 51.5 Å². The lowest BCUT2D eigenvalue weighted by Crippen LogP contribution is -2.04. The molecule has 0 saturated heterocycles.